The van der Waals surface area contributed by atoms with Crippen LogP contribution in [-0.2, 0) is 6.54 Å². The molecule has 0 heterocycles. The van der Waals surface area contributed by atoms with E-state index < -0.39 is 0 Å². The van der Waals surface area contributed by atoms with Crippen LogP contribution in [0.2, 0.25) is 0 Å². The summed E-state index contributed by atoms with van der Waals surface area (Å²) in [5, 5.41) is 0. The maximum atomic E-state index is 6.01. The van der Waals surface area contributed by atoms with Crippen molar-refractivity contribution in [3.05, 3.63) is 60.2 Å². The number of guanidine groups is 1. The molecule has 23 heavy (non-hydrogen) atoms. The van der Waals surface area contributed by atoms with Crippen LogP contribution in [0, 0.1) is 0 Å². The van der Waals surface area contributed by atoms with Gasteiger partial charge in [-0.1, -0.05) is 30.3 Å². The molecule has 0 aromatic heterocycles. The van der Waals surface area contributed by atoms with E-state index in [-0.39, 0.29) is 24.0 Å². The maximum absolute atomic E-state index is 6.01. The van der Waals surface area contributed by atoms with Crippen LogP contribution in [0.25, 0.3) is 0 Å². The van der Waals surface area contributed by atoms with Gasteiger partial charge in [0.2, 0.25) is 0 Å². The number of halogens is 1. The minimum absolute atomic E-state index is 0. The molecule has 2 N–H and O–H groups in total. The second-order valence-electron chi connectivity index (χ2n) is 5.58. The summed E-state index contributed by atoms with van der Waals surface area (Å²) in [5.41, 5.74) is 7.10. The Morgan fingerprint density at radius 2 is 1.83 bits per heavy atom. The molecule has 0 atom stereocenters. The second kappa shape index (κ2) is 8.19. The smallest absolute Gasteiger partial charge is 0.191 e. The van der Waals surface area contributed by atoms with Gasteiger partial charge in [-0.15, -0.1) is 24.0 Å². The van der Waals surface area contributed by atoms with Gasteiger partial charge in [0, 0.05) is 13.1 Å². The van der Waals surface area contributed by atoms with E-state index in [9.17, 15) is 0 Å². The van der Waals surface area contributed by atoms with Gasteiger partial charge in [-0.05, 0) is 42.7 Å². The molecule has 0 amide bonds. The van der Waals surface area contributed by atoms with E-state index in [2.05, 4.69) is 9.89 Å². The van der Waals surface area contributed by atoms with Crippen molar-refractivity contribution in [2.24, 2.45) is 10.7 Å². The summed E-state index contributed by atoms with van der Waals surface area (Å²) in [6, 6.07) is 18.3. The fourth-order valence-corrected chi connectivity index (χ4v) is 2.26. The Morgan fingerprint density at radius 3 is 2.52 bits per heavy atom. The number of nitrogens with zero attached hydrogens (tertiary/aromatic N) is 2. The summed E-state index contributed by atoms with van der Waals surface area (Å²) in [6.45, 7) is 0.564. The van der Waals surface area contributed by atoms with Crippen molar-refractivity contribution in [2.45, 2.75) is 25.4 Å². The number of rotatable bonds is 5. The van der Waals surface area contributed by atoms with Gasteiger partial charge < -0.3 is 15.4 Å². The first-order valence-electron chi connectivity index (χ1n) is 7.57. The van der Waals surface area contributed by atoms with Crippen molar-refractivity contribution in [2.75, 3.05) is 7.05 Å². The van der Waals surface area contributed by atoms with Crippen LogP contribution >= 0.6 is 24.0 Å². The number of benzene rings is 2. The minimum atomic E-state index is 0. The summed E-state index contributed by atoms with van der Waals surface area (Å²) in [5.74, 6) is 2.25. The summed E-state index contributed by atoms with van der Waals surface area (Å²) >= 11 is 0. The van der Waals surface area contributed by atoms with Crippen LogP contribution < -0.4 is 10.5 Å². The standard InChI is InChI=1S/C18H21N3O.HI/c1-21(15-10-11-15)18(19)20-13-14-6-5-9-17(12-14)22-16-7-3-2-4-8-16;/h2-9,12,15H,10-11,13H2,1H3,(H2,19,20);1H. The zero-order chi connectivity index (χ0) is 15.4. The third-order valence-corrected chi connectivity index (χ3v) is 3.76. The molecule has 0 bridgehead atoms. The molecule has 122 valence electrons. The molecule has 1 fully saturated rings. The number of hydrogen-bond donors (Lipinski definition) is 1. The average molecular weight is 423 g/mol. The SMILES string of the molecule is CN(C(N)=NCc1cccc(Oc2ccccc2)c1)C1CC1.I. The predicted octanol–water partition coefficient (Wildman–Crippen LogP) is 4.01. The quantitative estimate of drug-likeness (QED) is 0.449. The summed E-state index contributed by atoms with van der Waals surface area (Å²) in [6.07, 6.45) is 2.43. The van der Waals surface area contributed by atoms with E-state index in [0.717, 1.165) is 17.1 Å². The Labute approximate surface area is 154 Å². The molecule has 5 heteroatoms. The lowest BCUT2D eigenvalue weighted by molar-refractivity contribution is 0.481. The summed E-state index contributed by atoms with van der Waals surface area (Å²) in [4.78, 5) is 6.53. The molecule has 2 aromatic rings. The third kappa shape index (κ3) is 5.13. The molecule has 1 aliphatic rings. The Morgan fingerprint density at radius 1 is 1.13 bits per heavy atom. The fraction of sp³-hybridized carbons (Fsp3) is 0.278. The van der Waals surface area contributed by atoms with Gasteiger partial charge in [0.15, 0.2) is 5.96 Å². The topological polar surface area (TPSA) is 50.8 Å². The van der Waals surface area contributed by atoms with E-state index in [1.54, 1.807) is 0 Å². The van der Waals surface area contributed by atoms with E-state index in [0.29, 0.717) is 18.5 Å². The van der Waals surface area contributed by atoms with Gasteiger partial charge in [0.05, 0.1) is 6.54 Å². The van der Waals surface area contributed by atoms with Crippen molar-refractivity contribution in [1.29, 1.82) is 0 Å². The maximum Gasteiger partial charge on any atom is 0.191 e. The molecule has 0 unspecified atom stereocenters. The fourth-order valence-electron chi connectivity index (χ4n) is 2.26. The lowest BCUT2D eigenvalue weighted by Crippen LogP contribution is -2.35. The van der Waals surface area contributed by atoms with Crippen molar-refractivity contribution in [3.8, 4) is 11.5 Å². The van der Waals surface area contributed by atoms with Gasteiger partial charge >= 0.3 is 0 Å². The molecule has 3 rings (SSSR count). The van der Waals surface area contributed by atoms with Crippen LogP contribution in [0.15, 0.2) is 59.6 Å². The lowest BCUT2D eigenvalue weighted by atomic mass is 10.2. The van der Waals surface area contributed by atoms with Crippen molar-refractivity contribution in [3.63, 3.8) is 0 Å². The van der Waals surface area contributed by atoms with Crippen molar-refractivity contribution in [1.82, 2.24) is 4.90 Å². The van der Waals surface area contributed by atoms with Crippen molar-refractivity contribution < 1.29 is 4.74 Å². The van der Waals surface area contributed by atoms with Gasteiger partial charge in [-0.3, -0.25) is 0 Å². The second-order valence-corrected chi connectivity index (χ2v) is 5.58. The zero-order valence-electron chi connectivity index (χ0n) is 13.2. The highest BCUT2D eigenvalue weighted by atomic mass is 127. The van der Waals surface area contributed by atoms with E-state index in [1.165, 1.54) is 12.8 Å². The highest BCUT2D eigenvalue weighted by Crippen LogP contribution is 2.25. The molecule has 0 saturated heterocycles. The monoisotopic (exact) mass is 423 g/mol. The highest BCUT2D eigenvalue weighted by Gasteiger charge is 2.27. The number of aliphatic imine (C=N–C) groups is 1. The molecule has 0 spiro atoms. The first-order valence-corrected chi connectivity index (χ1v) is 7.57. The van der Waals surface area contributed by atoms with Gasteiger partial charge in [0.1, 0.15) is 11.5 Å². The van der Waals surface area contributed by atoms with Crippen LogP contribution in [-0.4, -0.2) is 23.9 Å². The number of hydrogen-bond acceptors (Lipinski definition) is 2. The molecule has 2 aromatic carbocycles. The Kier molecular flexibility index (Phi) is 6.27. The van der Waals surface area contributed by atoms with Crippen molar-refractivity contribution >= 4 is 29.9 Å². The van der Waals surface area contributed by atoms with E-state index in [4.69, 9.17) is 10.5 Å². The molecule has 0 aliphatic heterocycles. The largest absolute Gasteiger partial charge is 0.457 e. The molecule has 1 saturated carbocycles. The molecule has 0 radical (unpaired) electrons. The minimum Gasteiger partial charge on any atom is -0.457 e. The first kappa shape index (κ1) is 17.6. The number of ether oxygens (including phenoxy) is 1. The predicted molar refractivity (Wildman–Crippen MR) is 104 cm³/mol. The van der Waals surface area contributed by atoms with Crippen LogP contribution in [0.4, 0.5) is 0 Å². The normalized spacial score (nSPS) is 14.0. The summed E-state index contributed by atoms with van der Waals surface area (Å²) in [7, 11) is 2.01. The zero-order valence-corrected chi connectivity index (χ0v) is 15.5. The lowest BCUT2D eigenvalue weighted by Gasteiger charge is -2.16. The Balaban J connectivity index is 0.00000192. The van der Waals surface area contributed by atoms with Crippen LogP contribution in [0.1, 0.15) is 18.4 Å². The van der Waals surface area contributed by atoms with E-state index >= 15 is 0 Å². The first-order chi connectivity index (χ1) is 10.7. The highest BCUT2D eigenvalue weighted by molar-refractivity contribution is 14.0. The Hall–Kier alpha value is -1.76. The van der Waals surface area contributed by atoms with E-state index in [1.807, 2.05) is 61.6 Å². The average Bonchev–Trinajstić information content (AvgIpc) is 3.38. The molecule has 4 nitrogen and oxygen atoms in total. The Bertz CT molecular complexity index is 656. The van der Waals surface area contributed by atoms with Gasteiger partial charge in [0.25, 0.3) is 0 Å². The van der Waals surface area contributed by atoms with Gasteiger partial charge in [-0.25, -0.2) is 4.99 Å². The molecular weight excluding hydrogens is 401 g/mol. The van der Waals surface area contributed by atoms with Crippen LogP contribution in [0.3, 0.4) is 0 Å². The summed E-state index contributed by atoms with van der Waals surface area (Å²) < 4.78 is 5.83. The van der Waals surface area contributed by atoms with Crippen LogP contribution in [0.5, 0.6) is 11.5 Å². The molecule has 1 aliphatic carbocycles. The number of nitrogens with two attached hydrogens (primary N) is 1. The third-order valence-electron chi connectivity index (χ3n) is 3.76. The number of para-hydroxylation sites is 1. The molecular formula is C18H22IN3O. The van der Waals surface area contributed by atoms with Gasteiger partial charge in [-0.2, -0.15) is 0 Å².